The van der Waals surface area contributed by atoms with E-state index in [1.165, 1.54) is 6.92 Å². The van der Waals surface area contributed by atoms with Gasteiger partial charge in [0.25, 0.3) is 0 Å². The quantitative estimate of drug-likeness (QED) is 0.504. The van der Waals surface area contributed by atoms with E-state index in [9.17, 15) is 19.5 Å². The van der Waals surface area contributed by atoms with E-state index in [1.54, 1.807) is 36.4 Å². The van der Waals surface area contributed by atoms with Gasteiger partial charge < -0.3 is 9.84 Å². The molecular formula is C17H15NO5. The monoisotopic (exact) mass is 313 g/mol. The van der Waals surface area contributed by atoms with Gasteiger partial charge in [0.2, 0.25) is 11.8 Å². The molecule has 0 spiro atoms. The second-order valence-electron chi connectivity index (χ2n) is 6.17. The zero-order valence-electron chi connectivity index (χ0n) is 12.4. The van der Waals surface area contributed by atoms with Crippen molar-refractivity contribution in [3.05, 3.63) is 42.0 Å². The Morgan fingerprint density at radius 2 is 1.96 bits per heavy atom. The second-order valence-corrected chi connectivity index (χ2v) is 6.17. The number of nitrogens with zero attached hydrogens (tertiary/aromatic N) is 1. The van der Waals surface area contributed by atoms with Gasteiger partial charge in [-0.2, -0.15) is 0 Å². The highest BCUT2D eigenvalue weighted by Gasteiger charge is 2.67. The minimum absolute atomic E-state index is 0.0811. The summed E-state index contributed by atoms with van der Waals surface area (Å²) in [6.07, 6.45) is 2.96. The van der Waals surface area contributed by atoms with Crippen molar-refractivity contribution in [1.82, 2.24) is 0 Å². The molecule has 0 aliphatic carbocycles. The minimum atomic E-state index is -1.09. The molecule has 0 saturated carbocycles. The molecule has 2 fully saturated rings. The molecule has 0 radical (unpaired) electrons. The van der Waals surface area contributed by atoms with Crippen LogP contribution in [0.4, 0.5) is 5.69 Å². The van der Waals surface area contributed by atoms with E-state index in [0.717, 1.165) is 4.90 Å². The van der Waals surface area contributed by atoms with E-state index in [2.05, 4.69) is 0 Å². The van der Waals surface area contributed by atoms with E-state index >= 15 is 0 Å². The van der Waals surface area contributed by atoms with Crippen molar-refractivity contribution in [3.8, 4) is 0 Å². The summed E-state index contributed by atoms with van der Waals surface area (Å²) in [7, 11) is 0. The first kappa shape index (κ1) is 14.3. The number of Topliss-reactive ketones (excluding diaryl/α,β-unsaturated/α-hetero) is 1. The van der Waals surface area contributed by atoms with Gasteiger partial charge in [-0.05, 0) is 31.2 Å². The molecule has 4 rings (SSSR count). The van der Waals surface area contributed by atoms with Gasteiger partial charge >= 0.3 is 0 Å². The first-order chi connectivity index (χ1) is 11.0. The fraction of sp³-hybridized carbons (Fsp3) is 0.353. The molecular weight excluding hydrogens is 298 g/mol. The Hall–Kier alpha value is -2.31. The number of rotatable bonds is 3. The lowest BCUT2D eigenvalue weighted by Gasteiger charge is -2.26. The molecule has 3 heterocycles. The summed E-state index contributed by atoms with van der Waals surface area (Å²) in [6.45, 7) is 1.12. The lowest BCUT2D eigenvalue weighted by molar-refractivity contribution is -0.128. The number of fused-ring (bicyclic) bond motifs is 5. The Morgan fingerprint density at radius 1 is 1.26 bits per heavy atom. The molecule has 6 heteroatoms. The Bertz CT molecular complexity index is 753. The molecule has 1 aromatic rings. The number of imide groups is 1. The third-order valence-corrected chi connectivity index (χ3v) is 4.93. The van der Waals surface area contributed by atoms with Crippen molar-refractivity contribution < 1.29 is 24.2 Å². The number of aliphatic hydroxyl groups is 1. The number of aliphatic hydroxyl groups excluding tert-OH is 1. The lowest BCUT2D eigenvalue weighted by Crippen LogP contribution is -2.43. The van der Waals surface area contributed by atoms with Crippen LogP contribution in [0.25, 0.3) is 0 Å². The van der Waals surface area contributed by atoms with Crippen LogP contribution in [-0.4, -0.2) is 41.0 Å². The van der Waals surface area contributed by atoms with Crippen LogP contribution in [0.5, 0.6) is 0 Å². The van der Waals surface area contributed by atoms with Crippen LogP contribution in [-0.2, 0) is 14.3 Å². The first-order valence-electron chi connectivity index (χ1n) is 7.45. The minimum Gasteiger partial charge on any atom is -0.393 e. The van der Waals surface area contributed by atoms with Crippen LogP contribution >= 0.6 is 0 Å². The molecule has 0 aromatic heterocycles. The average molecular weight is 313 g/mol. The lowest BCUT2D eigenvalue weighted by atomic mass is 9.77. The van der Waals surface area contributed by atoms with Gasteiger partial charge in [-0.15, -0.1) is 0 Å². The molecule has 1 N–H and O–H groups in total. The zero-order valence-corrected chi connectivity index (χ0v) is 12.4. The van der Waals surface area contributed by atoms with Gasteiger partial charge in [0, 0.05) is 5.56 Å². The normalized spacial score (nSPS) is 34.3. The third kappa shape index (κ3) is 1.73. The number of hydrogen-bond acceptors (Lipinski definition) is 5. The maximum absolute atomic E-state index is 12.8. The number of ketones is 1. The zero-order chi connectivity index (χ0) is 16.4. The molecule has 1 aromatic carbocycles. The maximum Gasteiger partial charge on any atom is 0.241 e. The summed E-state index contributed by atoms with van der Waals surface area (Å²) in [5.41, 5.74) is -0.132. The molecule has 3 aliphatic heterocycles. The predicted molar refractivity (Wildman–Crippen MR) is 79.7 cm³/mol. The summed E-state index contributed by atoms with van der Waals surface area (Å²) in [4.78, 5) is 38.0. The molecule has 6 nitrogen and oxygen atoms in total. The van der Waals surface area contributed by atoms with Crippen molar-refractivity contribution in [2.24, 2.45) is 11.8 Å². The van der Waals surface area contributed by atoms with E-state index in [1.807, 2.05) is 0 Å². The molecule has 2 bridgehead atoms. The highest BCUT2D eigenvalue weighted by atomic mass is 16.5. The van der Waals surface area contributed by atoms with Crippen molar-refractivity contribution in [1.29, 1.82) is 0 Å². The van der Waals surface area contributed by atoms with E-state index in [-0.39, 0.29) is 24.2 Å². The maximum atomic E-state index is 12.8. The molecule has 2 saturated heterocycles. The van der Waals surface area contributed by atoms with E-state index in [4.69, 9.17) is 4.74 Å². The Kier molecular flexibility index (Phi) is 2.86. The number of carbonyl (C=O) groups excluding carboxylic acids is 3. The number of amides is 2. The number of ether oxygens (including phenoxy) is 1. The highest BCUT2D eigenvalue weighted by Crippen LogP contribution is 2.52. The van der Waals surface area contributed by atoms with Gasteiger partial charge in [-0.25, -0.2) is 4.90 Å². The molecule has 2 unspecified atom stereocenters. The summed E-state index contributed by atoms with van der Waals surface area (Å²) in [6, 6.07) is 6.37. The summed E-state index contributed by atoms with van der Waals surface area (Å²) >= 11 is 0. The van der Waals surface area contributed by atoms with Gasteiger partial charge in [-0.3, -0.25) is 14.4 Å². The Morgan fingerprint density at radius 3 is 2.57 bits per heavy atom. The fourth-order valence-corrected chi connectivity index (χ4v) is 3.78. The SMILES string of the molecule is CC(=O)c1ccc(N2C(=O)C3C(C2=O)[C@]2(CO)C=C[C@H]3O2)cc1. The number of hydrogen-bond donors (Lipinski definition) is 1. The van der Waals surface area contributed by atoms with Crippen molar-refractivity contribution in [3.63, 3.8) is 0 Å². The summed E-state index contributed by atoms with van der Waals surface area (Å²) < 4.78 is 5.68. The van der Waals surface area contributed by atoms with Crippen LogP contribution in [0.3, 0.4) is 0 Å². The van der Waals surface area contributed by atoms with Crippen molar-refractivity contribution in [2.75, 3.05) is 11.5 Å². The fourth-order valence-electron chi connectivity index (χ4n) is 3.78. The average Bonchev–Trinajstić information content (AvgIpc) is 3.19. The number of benzene rings is 1. The molecule has 23 heavy (non-hydrogen) atoms. The van der Waals surface area contributed by atoms with Crippen LogP contribution in [0.1, 0.15) is 17.3 Å². The summed E-state index contributed by atoms with van der Waals surface area (Å²) in [5.74, 6) is -2.05. The third-order valence-electron chi connectivity index (χ3n) is 4.93. The van der Waals surface area contributed by atoms with Gasteiger partial charge in [-0.1, -0.05) is 12.2 Å². The predicted octanol–water partition coefficient (Wildman–Crippen LogP) is 0.695. The topological polar surface area (TPSA) is 83.9 Å². The highest BCUT2D eigenvalue weighted by molar-refractivity contribution is 6.23. The smallest absolute Gasteiger partial charge is 0.241 e. The van der Waals surface area contributed by atoms with Crippen LogP contribution in [0.2, 0.25) is 0 Å². The molecule has 3 aliphatic rings. The largest absolute Gasteiger partial charge is 0.393 e. The molecule has 2 amide bonds. The Labute approximate surface area is 132 Å². The van der Waals surface area contributed by atoms with Gasteiger partial charge in [0.1, 0.15) is 5.60 Å². The standard InChI is InChI=1S/C17H15NO5/c1-9(20)10-2-4-11(5-3-10)18-15(21)13-12-6-7-17(8-19,23-12)14(13)16(18)22/h2-7,12-14,19H,8H2,1H3/t12-,13?,14?,17-/m1/s1. The van der Waals surface area contributed by atoms with Crippen molar-refractivity contribution >= 4 is 23.3 Å². The Balaban J connectivity index is 1.72. The summed E-state index contributed by atoms with van der Waals surface area (Å²) in [5, 5.41) is 9.65. The number of carbonyl (C=O) groups is 3. The van der Waals surface area contributed by atoms with E-state index in [0.29, 0.717) is 11.3 Å². The van der Waals surface area contributed by atoms with E-state index < -0.39 is 23.5 Å². The first-order valence-corrected chi connectivity index (χ1v) is 7.45. The van der Waals surface area contributed by atoms with Gasteiger partial charge in [0.15, 0.2) is 5.78 Å². The van der Waals surface area contributed by atoms with Crippen LogP contribution in [0.15, 0.2) is 36.4 Å². The van der Waals surface area contributed by atoms with Crippen molar-refractivity contribution in [2.45, 2.75) is 18.6 Å². The number of anilines is 1. The van der Waals surface area contributed by atoms with Crippen LogP contribution < -0.4 is 4.90 Å². The molecule has 118 valence electrons. The molecule has 4 atom stereocenters. The second kappa shape index (κ2) is 4.59. The van der Waals surface area contributed by atoms with Crippen LogP contribution in [0, 0.1) is 11.8 Å². The van der Waals surface area contributed by atoms with Gasteiger partial charge in [0.05, 0.1) is 30.2 Å².